The predicted octanol–water partition coefficient (Wildman–Crippen LogP) is 2.77. The maximum Gasteiger partial charge on any atom is 0.233 e. The zero-order valence-electron chi connectivity index (χ0n) is 11.7. The minimum absolute atomic E-state index is 0. The molecule has 2 rings (SSSR count). The average Bonchev–Trinajstić information content (AvgIpc) is 2.71. The van der Waals surface area contributed by atoms with Crippen LogP contribution < -0.4 is 0 Å². The minimum Gasteiger partial charge on any atom is -0.326 e. The van der Waals surface area contributed by atoms with Crippen molar-refractivity contribution in [3.05, 3.63) is 35.6 Å². The second-order valence-corrected chi connectivity index (χ2v) is 6.03. The molecule has 0 spiro atoms. The molecule has 0 radical (unpaired) electrons. The highest BCUT2D eigenvalue weighted by Crippen LogP contribution is 2.38. The SMILES string of the molecule is CN(C)CCCN1C(=O)CSC1c1cccc(F)c1.Cl. The van der Waals surface area contributed by atoms with Crippen LogP contribution in [-0.4, -0.2) is 48.6 Å². The Hall–Kier alpha value is -0.780. The molecule has 1 aromatic rings. The van der Waals surface area contributed by atoms with E-state index in [-0.39, 0.29) is 29.5 Å². The van der Waals surface area contributed by atoms with E-state index in [0.717, 1.165) is 25.1 Å². The van der Waals surface area contributed by atoms with Crippen LogP contribution in [0.5, 0.6) is 0 Å². The van der Waals surface area contributed by atoms with Crippen molar-refractivity contribution in [2.45, 2.75) is 11.8 Å². The quantitative estimate of drug-likeness (QED) is 0.834. The number of benzene rings is 1. The van der Waals surface area contributed by atoms with E-state index < -0.39 is 0 Å². The number of thioether (sulfide) groups is 1. The van der Waals surface area contributed by atoms with Crippen LogP contribution in [0, 0.1) is 5.82 Å². The first kappa shape index (κ1) is 17.3. The van der Waals surface area contributed by atoms with E-state index in [9.17, 15) is 9.18 Å². The Kier molecular flexibility index (Phi) is 6.79. The number of halogens is 2. The first-order chi connectivity index (χ1) is 9.08. The Labute approximate surface area is 129 Å². The summed E-state index contributed by atoms with van der Waals surface area (Å²) < 4.78 is 13.3. The van der Waals surface area contributed by atoms with Crippen molar-refractivity contribution in [2.75, 3.05) is 32.9 Å². The van der Waals surface area contributed by atoms with Gasteiger partial charge in [0.2, 0.25) is 5.91 Å². The summed E-state index contributed by atoms with van der Waals surface area (Å²) in [7, 11) is 4.04. The Bertz CT molecular complexity index is 459. The van der Waals surface area contributed by atoms with Crippen molar-refractivity contribution < 1.29 is 9.18 Å². The van der Waals surface area contributed by atoms with Gasteiger partial charge in [0, 0.05) is 6.54 Å². The summed E-state index contributed by atoms with van der Waals surface area (Å²) in [6, 6.07) is 6.54. The van der Waals surface area contributed by atoms with Gasteiger partial charge in [0.25, 0.3) is 0 Å². The fourth-order valence-electron chi connectivity index (χ4n) is 2.19. The number of carbonyl (C=O) groups excluding carboxylic acids is 1. The molecule has 1 atom stereocenters. The number of carbonyl (C=O) groups is 1. The van der Waals surface area contributed by atoms with Gasteiger partial charge in [0.1, 0.15) is 11.2 Å². The molecule has 1 aliphatic heterocycles. The second-order valence-electron chi connectivity index (χ2n) is 4.96. The summed E-state index contributed by atoms with van der Waals surface area (Å²) in [5, 5.41) is -0.0367. The molecule has 1 heterocycles. The molecule has 0 bridgehead atoms. The van der Waals surface area contributed by atoms with Crippen molar-refractivity contribution in [2.24, 2.45) is 0 Å². The summed E-state index contributed by atoms with van der Waals surface area (Å²) in [4.78, 5) is 15.9. The van der Waals surface area contributed by atoms with Gasteiger partial charge in [-0.15, -0.1) is 24.2 Å². The molecule has 1 saturated heterocycles. The van der Waals surface area contributed by atoms with Crippen LogP contribution in [0.25, 0.3) is 0 Å². The zero-order valence-corrected chi connectivity index (χ0v) is 13.3. The molecule has 0 aromatic heterocycles. The van der Waals surface area contributed by atoms with Crippen LogP contribution in [0.2, 0.25) is 0 Å². The van der Waals surface area contributed by atoms with Gasteiger partial charge in [0.15, 0.2) is 0 Å². The van der Waals surface area contributed by atoms with Gasteiger partial charge < -0.3 is 9.80 Å². The van der Waals surface area contributed by atoms with Crippen molar-refractivity contribution in [3.63, 3.8) is 0 Å². The van der Waals surface area contributed by atoms with E-state index in [1.807, 2.05) is 25.1 Å². The van der Waals surface area contributed by atoms with E-state index in [4.69, 9.17) is 0 Å². The maximum atomic E-state index is 13.3. The van der Waals surface area contributed by atoms with Crippen molar-refractivity contribution in [1.29, 1.82) is 0 Å². The summed E-state index contributed by atoms with van der Waals surface area (Å²) in [6.45, 7) is 1.68. The van der Waals surface area contributed by atoms with Crippen molar-refractivity contribution >= 4 is 30.1 Å². The molecule has 0 N–H and O–H groups in total. The average molecular weight is 319 g/mol. The van der Waals surface area contributed by atoms with Crippen LogP contribution in [0.1, 0.15) is 17.4 Å². The summed E-state index contributed by atoms with van der Waals surface area (Å²) in [6.07, 6.45) is 0.936. The van der Waals surface area contributed by atoms with Gasteiger partial charge in [0.05, 0.1) is 5.75 Å². The topological polar surface area (TPSA) is 23.6 Å². The smallest absolute Gasteiger partial charge is 0.233 e. The molecule has 1 fully saturated rings. The summed E-state index contributed by atoms with van der Waals surface area (Å²) >= 11 is 1.58. The number of nitrogens with zero attached hydrogens (tertiary/aromatic N) is 2. The molecule has 1 unspecified atom stereocenters. The molecule has 6 heteroatoms. The van der Waals surface area contributed by atoms with E-state index >= 15 is 0 Å². The fraction of sp³-hybridized carbons (Fsp3) is 0.500. The molecule has 1 aromatic carbocycles. The normalized spacial score (nSPS) is 18.5. The molecule has 1 aliphatic rings. The Morgan fingerprint density at radius 1 is 1.45 bits per heavy atom. The molecule has 1 amide bonds. The monoisotopic (exact) mass is 318 g/mol. The zero-order chi connectivity index (χ0) is 13.8. The third kappa shape index (κ3) is 4.36. The number of amides is 1. The molecule has 3 nitrogen and oxygen atoms in total. The van der Waals surface area contributed by atoms with Crippen LogP contribution in [0.15, 0.2) is 24.3 Å². The minimum atomic E-state index is -0.245. The van der Waals surface area contributed by atoms with Crippen molar-refractivity contribution in [3.8, 4) is 0 Å². The fourth-order valence-corrected chi connectivity index (χ4v) is 3.40. The number of hydrogen-bond acceptors (Lipinski definition) is 3. The highest BCUT2D eigenvalue weighted by Gasteiger charge is 2.32. The second kappa shape index (κ2) is 7.86. The van der Waals surface area contributed by atoms with E-state index in [2.05, 4.69) is 4.90 Å². The summed E-state index contributed by atoms with van der Waals surface area (Å²) in [5.41, 5.74) is 0.876. The molecule has 20 heavy (non-hydrogen) atoms. The number of rotatable bonds is 5. The Balaban J connectivity index is 0.00000200. The third-order valence-corrected chi connectivity index (χ3v) is 4.36. The third-order valence-electron chi connectivity index (χ3n) is 3.11. The lowest BCUT2D eigenvalue weighted by molar-refractivity contribution is -0.128. The molecule has 0 saturated carbocycles. The van der Waals surface area contributed by atoms with E-state index in [1.165, 1.54) is 12.1 Å². The lowest BCUT2D eigenvalue weighted by atomic mass is 10.2. The van der Waals surface area contributed by atoms with Gasteiger partial charge in [-0.3, -0.25) is 4.79 Å². The Morgan fingerprint density at radius 2 is 2.20 bits per heavy atom. The van der Waals surface area contributed by atoms with Gasteiger partial charge >= 0.3 is 0 Å². The molecule has 112 valence electrons. The Morgan fingerprint density at radius 3 is 2.85 bits per heavy atom. The van der Waals surface area contributed by atoms with Gasteiger partial charge in [-0.2, -0.15) is 0 Å². The van der Waals surface area contributed by atoms with E-state index in [1.54, 1.807) is 17.8 Å². The van der Waals surface area contributed by atoms with E-state index in [0.29, 0.717) is 5.75 Å². The first-order valence-electron chi connectivity index (χ1n) is 6.39. The molecular formula is C14H20ClFN2OS. The first-order valence-corrected chi connectivity index (χ1v) is 7.44. The molecular weight excluding hydrogens is 299 g/mol. The van der Waals surface area contributed by atoms with Crippen LogP contribution in [0.3, 0.4) is 0 Å². The lowest BCUT2D eigenvalue weighted by Gasteiger charge is -2.25. The van der Waals surface area contributed by atoms with Crippen LogP contribution >= 0.6 is 24.2 Å². The summed E-state index contributed by atoms with van der Waals surface area (Å²) in [5.74, 6) is 0.395. The highest BCUT2D eigenvalue weighted by atomic mass is 35.5. The van der Waals surface area contributed by atoms with Crippen LogP contribution in [0.4, 0.5) is 4.39 Å². The lowest BCUT2D eigenvalue weighted by Crippen LogP contribution is -2.31. The largest absolute Gasteiger partial charge is 0.326 e. The van der Waals surface area contributed by atoms with Gasteiger partial charge in [-0.05, 0) is 44.8 Å². The maximum absolute atomic E-state index is 13.3. The number of hydrogen-bond donors (Lipinski definition) is 0. The van der Waals surface area contributed by atoms with Gasteiger partial charge in [-0.1, -0.05) is 12.1 Å². The van der Waals surface area contributed by atoms with Gasteiger partial charge in [-0.25, -0.2) is 4.39 Å². The standard InChI is InChI=1S/C14H19FN2OS.ClH/c1-16(2)7-4-8-17-13(18)10-19-14(17)11-5-3-6-12(15)9-11;/h3,5-6,9,14H,4,7-8,10H2,1-2H3;1H. The van der Waals surface area contributed by atoms with Crippen LogP contribution in [-0.2, 0) is 4.79 Å². The predicted molar refractivity (Wildman–Crippen MR) is 83.7 cm³/mol. The highest BCUT2D eigenvalue weighted by molar-refractivity contribution is 8.00. The molecule has 0 aliphatic carbocycles. The van der Waals surface area contributed by atoms with Crippen molar-refractivity contribution in [1.82, 2.24) is 9.80 Å².